The van der Waals surface area contributed by atoms with E-state index in [1.807, 2.05) is 11.4 Å². The van der Waals surface area contributed by atoms with E-state index in [0.29, 0.717) is 21.3 Å². The molecule has 2 heterocycles. The van der Waals surface area contributed by atoms with Crippen molar-refractivity contribution in [3.8, 4) is 0 Å². The maximum absolute atomic E-state index is 12.4. The van der Waals surface area contributed by atoms with E-state index in [9.17, 15) is 14.9 Å². The van der Waals surface area contributed by atoms with Crippen molar-refractivity contribution < 1.29 is 9.72 Å². The molecule has 1 N–H and O–H groups in total. The number of thiophene rings is 1. The van der Waals surface area contributed by atoms with Gasteiger partial charge in [-0.15, -0.1) is 11.3 Å². The second-order valence-electron chi connectivity index (χ2n) is 4.12. The fraction of sp³-hybridized carbons (Fsp3) is 0. The number of non-ortho nitro benzene ring substituents is 1. The van der Waals surface area contributed by atoms with Crippen LogP contribution in [-0.2, 0) is 0 Å². The number of aromatic amines is 1. The topological polar surface area (TPSA) is 76.0 Å². The lowest BCUT2D eigenvalue weighted by molar-refractivity contribution is -0.384. The maximum atomic E-state index is 12.4. The summed E-state index contributed by atoms with van der Waals surface area (Å²) in [4.78, 5) is 26.2. The number of halogens is 1. The van der Waals surface area contributed by atoms with Crippen LogP contribution in [0.25, 0.3) is 10.9 Å². The highest BCUT2D eigenvalue weighted by atomic mass is 79.9. The Labute approximate surface area is 125 Å². The van der Waals surface area contributed by atoms with Gasteiger partial charge in [0.15, 0.2) is 0 Å². The number of benzene rings is 1. The molecule has 0 saturated heterocycles. The van der Waals surface area contributed by atoms with Crippen molar-refractivity contribution in [2.45, 2.75) is 0 Å². The van der Waals surface area contributed by atoms with Gasteiger partial charge in [-0.2, -0.15) is 0 Å². The molecule has 0 aliphatic rings. The zero-order valence-electron chi connectivity index (χ0n) is 9.92. The van der Waals surface area contributed by atoms with E-state index in [1.54, 1.807) is 12.3 Å². The molecule has 0 amide bonds. The van der Waals surface area contributed by atoms with Crippen molar-refractivity contribution in [1.82, 2.24) is 4.98 Å². The highest BCUT2D eigenvalue weighted by molar-refractivity contribution is 9.10. The summed E-state index contributed by atoms with van der Waals surface area (Å²) < 4.78 is 0.753. The van der Waals surface area contributed by atoms with Crippen molar-refractivity contribution in [2.24, 2.45) is 0 Å². The Bertz CT molecular complexity index is 837. The molecular weight excluding hydrogens is 344 g/mol. The molecule has 0 radical (unpaired) electrons. The summed E-state index contributed by atoms with van der Waals surface area (Å²) in [5.74, 6) is -0.105. The number of hydrogen-bond acceptors (Lipinski definition) is 4. The van der Waals surface area contributed by atoms with Gasteiger partial charge >= 0.3 is 0 Å². The Morgan fingerprint density at radius 2 is 2.15 bits per heavy atom. The first-order chi connectivity index (χ1) is 9.58. The van der Waals surface area contributed by atoms with Gasteiger partial charge in [0, 0.05) is 33.8 Å². The van der Waals surface area contributed by atoms with Crippen molar-refractivity contribution in [1.29, 1.82) is 0 Å². The average molecular weight is 351 g/mol. The number of carbonyl (C=O) groups is 1. The molecule has 0 bridgehead atoms. The minimum absolute atomic E-state index is 0.00402. The first-order valence-corrected chi connectivity index (χ1v) is 7.28. The second-order valence-corrected chi connectivity index (χ2v) is 5.89. The number of H-pyrrole nitrogens is 1. The number of hydrogen-bond donors (Lipinski definition) is 1. The summed E-state index contributed by atoms with van der Waals surface area (Å²) in [6.45, 7) is 0. The molecule has 0 spiro atoms. The fourth-order valence-corrected chi connectivity index (χ4v) is 3.50. The smallest absolute Gasteiger partial charge is 0.271 e. The predicted molar refractivity (Wildman–Crippen MR) is 80.4 cm³/mol. The highest BCUT2D eigenvalue weighted by Crippen LogP contribution is 2.29. The number of carbonyl (C=O) groups excluding carboxylic acids is 1. The summed E-state index contributed by atoms with van der Waals surface area (Å²) in [5, 5.41) is 13.2. The van der Waals surface area contributed by atoms with Crippen LogP contribution in [0.15, 0.2) is 40.3 Å². The van der Waals surface area contributed by atoms with Crippen LogP contribution in [0.1, 0.15) is 15.2 Å². The summed E-state index contributed by atoms with van der Waals surface area (Å²) in [6, 6.07) is 6.24. The molecule has 3 rings (SSSR count). The van der Waals surface area contributed by atoms with Gasteiger partial charge in [0.2, 0.25) is 5.78 Å². The molecular formula is C13H7BrN2O3S. The standard InChI is InChI=1S/C13H7BrN2O3S/c14-10-3-4-20-13(10)12(17)9-6-15-11-5-7(16(18)19)1-2-8(9)11/h1-6,15H. The third kappa shape index (κ3) is 2.04. The number of ketones is 1. The van der Waals surface area contributed by atoms with Gasteiger partial charge in [0.25, 0.3) is 5.69 Å². The van der Waals surface area contributed by atoms with Gasteiger partial charge in [-0.1, -0.05) is 0 Å². The number of aromatic nitrogens is 1. The Kier molecular flexibility index (Phi) is 3.15. The average Bonchev–Trinajstić information content (AvgIpc) is 3.03. The van der Waals surface area contributed by atoms with E-state index < -0.39 is 4.92 Å². The van der Waals surface area contributed by atoms with Crippen molar-refractivity contribution in [3.05, 3.63) is 60.9 Å². The molecule has 0 aliphatic heterocycles. The van der Waals surface area contributed by atoms with Crippen LogP contribution in [0.5, 0.6) is 0 Å². The van der Waals surface area contributed by atoms with E-state index in [1.165, 1.54) is 23.5 Å². The molecule has 0 aliphatic carbocycles. The normalized spacial score (nSPS) is 10.8. The third-order valence-corrected chi connectivity index (χ3v) is 4.78. The third-order valence-electron chi connectivity index (χ3n) is 2.94. The lowest BCUT2D eigenvalue weighted by Gasteiger charge is -1.98. The largest absolute Gasteiger partial charge is 0.360 e. The molecule has 0 unspecified atom stereocenters. The number of nitro groups is 1. The number of nitro benzene ring substituents is 1. The molecule has 2 aromatic heterocycles. The van der Waals surface area contributed by atoms with Crippen molar-refractivity contribution >= 4 is 49.6 Å². The van der Waals surface area contributed by atoms with Crippen LogP contribution >= 0.6 is 27.3 Å². The Morgan fingerprint density at radius 3 is 2.80 bits per heavy atom. The number of nitrogens with zero attached hydrogens (tertiary/aromatic N) is 1. The zero-order valence-corrected chi connectivity index (χ0v) is 12.3. The zero-order chi connectivity index (χ0) is 14.3. The minimum Gasteiger partial charge on any atom is -0.360 e. The maximum Gasteiger partial charge on any atom is 0.271 e. The van der Waals surface area contributed by atoms with E-state index >= 15 is 0 Å². The number of fused-ring (bicyclic) bond motifs is 1. The van der Waals surface area contributed by atoms with Crippen LogP contribution in [0.4, 0.5) is 5.69 Å². The summed E-state index contributed by atoms with van der Waals surface area (Å²) >= 11 is 4.69. The quantitative estimate of drug-likeness (QED) is 0.438. The van der Waals surface area contributed by atoms with Crippen LogP contribution in [-0.4, -0.2) is 15.7 Å². The van der Waals surface area contributed by atoms with E-state index in [0.717, 1.165) is 4.47 Å². The molecule has 3 aromatic rings. The van der Waals surface area contributed by atoms with Crippen LogP contribution in [0.3, 0.4) is 0 Å². The van der Waals surface area contributed by atoms with Gasteiger partial charge < -0.3 is 4.98 Å². The first-order valence-electron chi connectivity index (χ1n) is 5.61. The Hall–Kier alpha value is -1.99. The monoisotopic (exact) mass is 350 g/mol. The molecule has 0 atom stereocenters. The molecule has 5 nitrogen and oxygen atoms in total. The molecule has 100 valence electrons. The summed E-state index contributed by atoms with van der Waals surface area (Å²) in [6.07, 6.45) is 1.59. The van der Waals surface area contributed by atoms with Gasteiger partial charge in [-0.3, -0.25) is 14.9 Å². The first kappa shape index (κ1) is 13.0. The van der Waals surface area contributed by atoms with E-state index in [-0.39, 0.29) is 11.5 Å². The molecule has 20 heavy (non-hydrogen) atoms. The SMILES string of the molecule is O=C(c1sccc1Br)c1c[nH]c2cc([N+](=O)[O-])ccc12. The lowest BCUT2D eigenvalue weighted by Crippen LogP contribution is -1.98. The van der Waals surface area contributed by atoms with Crippen LogP contribution in [0, 0.1) is 10.1 Å². The van der Waals surface area contributed by atoms with Gasteiger partial charge in [-0.25, -0.2) is 0 Å². The second kappa shape index (κ2) is 4.84. The predicted octanol–water partition coefficient (Wildman–Crippen LogP) is 4.13. The fourth-order valence-electron chi connectivity index (χ4n) is 1.99. The molecule has 0 saturated carbocycles. The summed E-state index contributed by atoms with van der Waals surface area (Å²) in [5.41, 5.74) is 1.09. The molecule has 1 aromatic carbocycles. The number of rotatable bonds is 3. The minimum atomic E-state index is -0.461. The van der Waals surface area contributed by atoms with Crippen LogP contribution in [0.2, 0.25) is 0 Å². The lowest BCUT2D eigenvalue weighted by atomic mass is 10.1. The van der Waals surface area contributed by atoms with Gasteiger partial charge in [-0.05, 0) is 33.4 Å². The molecule has 0 fully saturated rings. The van der Waals surface area contributed by atoms with Crippen LogP contribution < -0.4 is 0 Å². The van der Waals surface area contributed by atoms with Crippen molar-refractivity contribution in [2.75, 3.05) is 0 Å². The highest BCUT2D eigenvalue weighted by Gasteiger charge is 2.19. The van der Waals surface area contributed by atoms with Gasteiger partial charge in [0.05, 0.1) is 15.3 Å². The number of nitrogens with one attached hydrogen (secondary N) is 1. The molecule has 7 heteroatoms. The van der Waals surface area contributed by atoms with E-state index in [2.05, 4.69) is 20.9 Å². The van der Waals surface area contributed by atoms with E-state index in [4.69, 9.17) is 0 Å². The Morgan fingerprint density at radius 1 is 1.35 bits per heavy atom. The van der Waals surface area contributed by atoms with Crippen molar-refractivity contribution in [3.63, 3.8) is 0 Å². The van der Waals surface area contributed by atoms with Gasteiger partial charge in [0.1, 0.15) is 0 Å². The summed E-state index contributed by atoms with van der Waals surface area (Å²) in [7, 11) is 0. The Balaban J connectivity index is 2.12.